The molecule has 7 rings (SSSR count). The number of pyridine rings is 2. The first kappa shape index (κ1) is 29.0. The van der Waals surface area contributed by atoms with Crippen molar-refractivity contribution >= 4 is 38.4 Å². The van der Waals surface area contributed by atoms with Crippen LogP contribution in [0.4, 0.5) is 14.6 Å². The van der Waals surface area contributed by atoms with Gasteiger partial charge in [-0.25, -0.2) is 18.4 Å². The number of nitrogens with zero attached hydrogens (tertiary/aromatic N) is 6. The number of fused-ring (bicyclic) bond motifs is 4. The molecule has 0 aromatic carbocycles. The van der Waals surface area contributed by atoms with Crippen LogP contribution in [0.5, 0.6) is 5.88 Å². The van der Waals surface area contributed by atoms with Crippen molar-refractivity contribution < 1.29 is 26.7 Å². The summed E-state index contributed by atoms with van der Waals surface area (Å²) in [5.74, 6) is 0.455. The van der Waals surface area contributed by atoms with E-state index in [1.165, 1.54) is 6.07 Å². The fourth-order valence-corrected chi connectivity index (χ4v) is 7.82. The summed E-state index contributed by atoms with van der Waals surface area (Å²) in [6.07, 6.45) is 6.30. The number of hydrogen-bond donors (Lipinski definition) is 1. The summed E-state index contributed by atoms with van der Waals surface area (Å²) in [6.45, 7) is -0.786. The number of carbonyl (C=O) groups is 1. The van der Waals surface area contributed by atoms with Gasteiger partial charge in [-0.15, -0.1) is 0 Å². The molecular formula is C30H35F2N7O4S. The summed E-state index contributed by atoms with van der Waals surface area (Å²) in [5, 5.41) is 0.671. The van der Waals surface area contributed by atoms with Crippen molar-refractivity contribution in [1.82, 2.24) is 23.8 Å². The molecule has 234 valence electrons. The number of aryl methyl sites for hydroxylation is 1. The molecule has 2 saturated heterocycles. The topological polar surface area (TPSA) is 128 Å². The third-order valence-electron chi connectivity index (χ3n) is 9.25. The molecule has 0 radical (unpaired) electrons. The maximum absolute atomic E-state index is 13.8. The SMILES string of the molecule is COc1cc(C(=O)N2[C@@H]3CC[C@H]2CC(N)C3)cc2nc(-c3cc4ccc(N(C(F)F)S(C)(=O)=O)nc4n3CC3CC3)c(C)n12. The summed E-state index contributed by atoms with van der Waals surface area (Å²) < 4.78 is 61.6. The van der Waals surface area contributed by atoms with Crippen LogP contribution in [0.1, 0.15) is 54.6 Å². The summed E-state index contributed by atoms with van der Waals surface area (Å²) >= 11 is 0. The van der Waals surface area contributed by atoms with E-state index in [1.54, 1.807) is 25.3 Å². The molecule has 4 aromatic heterocycles. The highest BCUT2D eigenvalue weighted by atomic mass is 32.2. The van der Waals surface area contributed by atoms with Gasteiger partial charge in [0.1, 0.15) is 22.8 Å². The minimum atomic E-state index is -4.27. The molecule has 1 unspecified atom stereocenters. The number of alkyl halides is 2. The first-order valence-corrected chi connectivity index (χ1v) is 16.7. The van der Waals surface area contributed by atoms with Crippen LogP contribution in [0, 0.1) is 12.8 Å². The van der Waals surface area contributed by atoms with E-state index in [-0.39, 0.29) is 34.2 Å². The van der Waals surface area contributed by atoms with Gasteiger partial charge in [0, 0.05) is 41.7 Å². The summed E-state index contributed by atoms with van der Waals surface area (Å²) in [5.41, 5.74) is 9.80. The maximum Gasteiger partial charge on any atom is 0.329 e. The van der Waals surface area contributed by atoms with Gasteiger partial charge in [-0.2, -0.15) is 13.1 Å². The molecule has 2 N–H and O–H groups in total. The fourth-order valence-electron chi connectivity index (χ4n) is 7.09. The van der Waals surface area contributed by atoms with Crippen molar-refractivity contribution in [3.8, 4) is 17.3 Å². The number of hydrogen-bond acceptors (Lipinski definition) is 7. The number of sulfonamides is 1. The van der Waals surface area contributed by atoms with Crippen LogP contribution >= 0.6 is 0 Å². The Balaban J connectivity index is 1.34. The Hall–Kier alpha value is -3.78. The Morgan fingerprint density at radius 1 is 1.11 bits per heavy atom. The van der Waals surface area contributed by atoms with E-state index in [4.69, 9.17) is 15.5 Å². The number of methoxy groups -OCH3 is 1. The molecule has 0 spiro atoms. The Labute approximate surface area is 253 Å². The number of halogens is 2. The molecule has 6 heterocycles. The third-order valence-corrected chi connectivity index (χ3v) is 10.3. The quantitative estimate of drug-likeness (QED) is 0.291. The van der Waals surface area contributed by atoms with Gasteiger partial charge >= 0.3 is 6.55 Å². The molecule has 3 atom stereocenters. The van der Waals surface area contributed by atoms with Gasteiger partial charge in [0.05, 0.1) is 24.8 Å². The minimum Gasteiger partial charge on any atom is -0.482 e. The average Bonchev–Trinajstić information content (AvgIpc) is 3.55. The summed E-state index contributed by atoms with van der Waals surface area (Å²) in [6, 6.07) is 8.70. The number of nitrogens with two attached hydrogens (primary N) is 1. The standard InChI is InChI=1S/C30H35F2N7O4S/c1-16-27(23-10-18-6-9-24(39(30(31)32)44(3,41)42)35-28(18)36(23)15-17-4-5-17)34-25-11-19(12-26(43-2)37(16)25)29(40)38-21-7-8-22(38)14-20(33)13-21/h6,9-12,17,20-22,30H,4-5,7-8,13-15,33H2,1-3H3/t20?,21-,22+. The molecule has 1 amide bonds. The first-order valence-electron chi connectivity index (χ1n) is 14.9. The van der Waals surface area contributed by atoms with Crippen LogP contribution in [-0.2, 0) is 16.6 Å². The lowest BCUT2D eigenvalue weighted by Gasteiger charge is -2.37. The molecule has 11 nitrogen and oxygen atoms in total. The number of rotatable bonds is 8. The van der Waals surface area contributed by atoms with Crippen molar-refractivity contribution in [2.24, 2.45) is 11.7 Å². The second-order valence-corrected chi connectivity index (χ2v) is 14.2. The number of carbonyl (C=O) groups excluding carboxylic acids is 1. The zero-order chi connectivity index (χ0) is 31.1. The zero-order valence-corrected chi connectivity index (χ0v) is 25.6. The molecule has 3 fully saturated rings. The molecule has 14 heteroatoms. The normalized spacial score (nSPS) is 22.0. The zero-order valence-electron chi connectivity index (χ0n) is 24.8. The predicted octanol–water partition coefficient (Wildman–Crippen LogP) is 4.16. The van der Waals surface area contributed by atoms with E-state index >= 15 is 0 Å². The van der Waals surface area contributed by atoms with E-state index in [2.05, 4.69) is 4.98 Å². The van der Waals surface area contributed by atoms with Crippen molar-refractivity contribution in [3.63, 3.8) is 0 Å². The highest BCUT2D eigenvalue weighted by Crippen LogP contribution is 2.39. The van der Waals surface area contributed by atoms with E-state index in [9.17, 15) is 22.0 Å². The van der Waals surface area contributed by atoms with E-state index in [0.717, 1.165) is 56.2 Å². The Bertz CT molecular complexity index is 1890. The van der Waals surface area contributed by atoms with Crippen LogP contribution in [0.15, 0.2) is 30.3 Å². The molecule has 2 aliphatic heterocycles. The number of amides is 1. The molecule has 4 aromatic rings. The van der Waals surface area contributed by atoms with Crippen LogP contribution in [0.3, 0.4) is 0 Å². The molecule has 3 aliphatic rings. The van der Waals surface area contributed by atoms with E-state index in [0.29, 0.717) is 46.3 Å². The number of piperidine rings is 1. The first-order chi connectivity index (χ1) is 20.9. The number of anilines is 1. The van der Waals surface area contributed by atoms with Gasteiger partial charge in [0.25, 0.3) is 5.91 Å². The van der Waals surface area contributed by atoms with Crippen LogP contribution in [-0.4, -0.2) is 76.2 Å². The number of ether oxygens (including phenoxy) is 1. The molecular weight excluding hydrogens is 592 g/mol. The molecule has 2 bridgehead atoms. The van der Waals surface area contributed by atoms with Gasteiger partial charge in [-0.1, -0.05) is 0 Å². The van der Waals surface area contributed by atoms with Crippen molar-refractivity contribution in [2.75, 3.05) is 17.7 Å². The average molecular weight is 628 g/mol. The van der Waals surface area contributed by atoms with Crippen LogP contribution < -0.4 is 14.8 Å². The Morgan fingerprint density at radius 3 is 2.43 bits per heavy atom. The molecule has 44 heavy (non-hydrogen) atoms. The Kier molecular flexibility index (Phi) is 6.85. The monoisotopic (exact) mass is 627 g/mol. The van der Waals surface area contributed by atoms with E-state index in [1.807, 2.05) is 26.9 Å². The molecule has 1 saturated carbocycles. The summed E-state index contributed by atoms with van der Waals surface area (Å²) in [7, 11) is -2.71. The fraction of sp³-hybridized carbons (Fsp3) is 0.500. The smallest absolute Gasteiger partial charge is 0.329 e. The molecule has 1 aliphatic carbocycles. The van der Waals surface area contributed by atoms with Crippen molar-refractivity contribution in [3.05, 3.63) is 41.6 Å². The lowest BCUT2D eigenvalue weighted by atomic mass is 9.97. The lowest BCUT2D eigenvalue weighted by Crippen LogP contribution is -2.50. The van der Waals surface area contributed by atoms with Crippen LogP contribution in [0.25, 0.3) is 28.1 Å². The minimum absolute atomic E-state index is 0.0301. The highest BCUT2D eigenvalue weighted by Gasteiger charge is 2.42. The van der Waals surface area contributed by atoms with Crippen LogP contribution in [0.2, 0.25) is 0 Å². The maximum atomic E-state index is 13.8. The van der Waals surface area contributed by atoms with Gasteiger partial charge in [-0.05, 0) is 75.6 Å². The van der Waals surface area contributed by atoms with Crippen molar-refractivity contribution in [2.45, 2.75) is 76.7 Å². The predicted molar refractivity (Wildman–Crippen MR) is 161 cm³/mol. The van der Waals surface area contributed by atoms with Gasteiger partial charge in [-0.3, -0.25) is 9.20 Å². The van der Waals surface area contributed by atoms with Gasteiger partial charge in [0.15, 0.2) is 5.88 Å². The van der Waals surface area contributed by atoms with Crippen molar-refractivity contribution in [1.29, 1.82) is 0 Å². The summed E-state index contributed by atoms with van der Waals surface area (Å²) in [4.78, 5) is 25.2. The highest BCUT2D eigenvalue weighted by molar-refractivity contribution is 7.92. The second kappa shape index (κ2) is 10.4. The lowest BCUT2D eigenvalue weighted by molar-refractivity contribution is 0.0574. The largest absolute Gasteiger partial charge is 0.482 e. The third kappa shape index (κ3) is 4.78. The Morgan fingerprint density at radius 2 is 1.82 bits per heavy atom. The number of imidazole rings is 1. The number of aromatic nitrogens is 4. The van der Waals surface area contributed by atoms with Gasteiger partial charge in [0.2, 0.25) is 10.0 Å². The van der Waals surface area contributed by atoms with Gasteiger partial charge < -0.3 is 19.9 Å². The second-order valence-electron chi connectivity index (χ2n) is 12.4. The van der Waals surface area contributed by atoms with E-state index < -0.39 is 16.6 Å².